The average molecular weight is 262 g/mol. The zero-order chi connectivity index (χ0) is 13.8. The van der Waals surface area contributed by atoms with Gasteiger partial charge in [0.15, 0.2) is 5.78 Å². The molecule has 1 atom stereocenters. The number of nitro benzene ring substituents is 1. The standard InChI is InChI=1S/C13H14N2O4/c16-12-6-2-5-11(12)14-13(17)8-9-3-1-4-10(7-9)15(18)19/h1,3-4,7,11H,2,5-6,8H2,(H,14,17)/t11-/m0/s1. The number of hydrogen-bond donors (Lipinski definition) is 1. The van der Waals surface area contributed by atoms with E-state index in [0.29, 0.717) is 18.4 Å². The van der Waals surface area contributed by atoms with Gasteiger partial charge in [-0.05, 0) is 18.4 Å². The third-order valence-corrected chi connectivity index (χ3v) is 3.13. The van der Waals surface area contributed by atoms with Gasteiger partial charge in [-0.2, -0.15) is 0 Å². The van der Waals surface area contributed by atoms with Crippen molar-refractivity contribution in [1.29, 1.82) is 0 Å². The highest BCUT2D eigenvalue weighted by Crippen LogP contribution is 2.16. The van der Waals surface area contributed by atoms with Crippen LogP contribution >= 0.6 is 0 Å². The summed E-state index contributed by atoms with van der Waals surface area (Å²) in [4.78, 5) is 33.3. The van der Waals surface area contributed by atoms with Crippen molar-refractivity contribution in [2.24, 2.45) is 0 Å². The van der Waals surface area contributed by atoms with E-state index in [1.54, 1.807) is 12.1 Å². The number of benzene rings is 1. The molecule has 0 bridgehead atoms. The minimum atomic E-state index is -0.498. The lowest BCUT2D eigenvalue weighted by atomic mass is 10.1. The van der Waals surface area contributed by atoms with Gasteiger partial charge in [0, 0.05) is 18.6 Å². The topological polar surface area (TPSA) is 89.3 Å². The van der Waals surface area contributed by atoms with E-state index in [4.69, 9.17) is 0 Å². The molecule has 0 radical (unpaired) electrons. The van der Waals surface area contributed by atoms with Crippen LogP contribution in [0.3, 0.4) is 0 Å². The maximum Gasteiger partial charge on any atom is 0.269 e. The van der Waals surface area contributed by atoms with Crippen LogP contribution in [0.4, 0.5) is 5.69 Å². The molecule has 0 aliphatic heterocycles. The van der Waals surface area contributed by atoms with Crippen molar-refractivity contribution in [2.75, 3.05) is 0 Å². The molecule has 0 unspecified atom stereocenters. The van der Waals surface area contributed by atoms with E-state index in [1.165, 1.54) is 12.1 Å². The lowest BCUT2D eigenvalue weighted by Crippen LogP contribution is -2.38. The van der Waals surface area contributed by atoms with Crippen LogP contribution < -0.4 is 5.32 Å². The normalized spacial score (nSPS) is 18.3. The van der Waals surface area contributed by atoms with Gasteiger partial charge < -0.3 is 5.32 Å². The van der Waals surface area contributed by atoms with Crippen molar-refractivity contribution in [3.05, 3.63) is 39.9 Å². The highest BCUT2D eigenvalue weighted by Gasteiger charge is 2.25. The molecular weight excluding hydrogens is 248 g/mol. The number of non-ortho nitro benzene ring substituents is 1. The maximum atomic E-state index is 11.8. The van der Waals surface area contributed by atoms with Gasteiger partial charge in [0.25, 0.3) is 5.69 Å². The minimum Gasteiger partial charge on any atom is -0.346 e. The second kappa shape index (κ2) is 5.60. The fraction of sp³-hybridized carbons (Fsp3) is 0.385. The summed E-state index contributed by atoms with van der Waals surface area (Å²) in [5.74, 6) is -0.215. The zero-order valence-electron chi connectivity index (χ0n) is 10.3. The molecule has 6 nitrogen and oxygen atoms in total. The Balaban J connectivity index is 1.97. The molecule has 1 aromatic rings. The van der Waals surface area contributed by atoms with Gasteiger partial charge in [-0.1, -0.05) is 12.1 Å². The van der Waals surface area contributed by atoms with Crippen LogP contribution in [0.15, 0.2) is 24.3 Å². The summed E-state index contributed by atoms with van der Waals surface area (Å²) in [5, 5.41) is 13.3. The largest absolute Gasteiger partial charge is 0.346 e. The molecule has 1 aromatic carbocycles. The summed E-state index contributed by atoms with van der Waals surface area (Å²) >= 11 is 0. The number of ketones is 1. The maximum absolute atomic E-state index is 11.8. The molecule has 1 N–H and O–H groups in total. The summed E-state index contributed by atoms with van der Waals surface area (Å²) in [6, 6.07) is 5.56. The van der Waals surface area contributed by atoms with Crippen LogP contribution in [-0.4, -0.2) is 22.7 Å². The summed E-state index contributed by atoms with van der Waals surface area (Å²) < 4.78 is 0. The number of nitro groups is 1. The molecule has 0 spiro atoms. The summed E-state index contributed by atoms with van der Waals surface area (Å²) in [6.45, 7) is 0. The molecule has 1 amide bonds. The highest BCUT2D eigenvalue weighted by atomic mass is 16.6. The Hall–Kier alpha value is -2.24. The van der Waals surface area contributed by atoms with E-state index in [1.807, 2.05) is 0 Å². The molecule has 6 heteroatoms. The number of nitrogens with zero attached hydrogens (tertiary/aromatic N) is 1. The Morgan fingerprint density at radius 2 is 2.26 bits per heavy atom. The van der Waals surface area contributed by atoms with Crippen molar-refractivity contribution in [3.8, 4) is 0 Å². The van der Waals surface area contributed by atoms with Crippen LogP contribution in [0.1, 0.15) is 24.8 Å². The Kier molecular flexibility index (Phi) is 3.89. The van der Waals surface area contributed by atoms with Crippen molar-refractivity contribution in [1.82, 2.24) is 5.32 Å². The fourth-order valence-corrected chi connectivity index (χ4v) is 2.18. The van der Waals surface area contributed by atoms with Crippen molar-refractivity contribution >= 4 is 17.4 Å². The van der Waals surface area contributed by atoms with E-state index >= 15 is 0 Å². The third kappa shape index (κ3) is 3.37. The minimum absolute atomic E-state index is 0.0396. The van der Waals surface area contributed by atoms with E-state index in [9.17, 15) is 19.7 Å². The van der Waals surface area contributed by atoms with E-state index in [0.717, 1.165) is 6.42 Å². The Morgan fingerprint density at radius 1 is 1.47 bits per heavy atom. The number of nitrogens with one attached hydrogen (secondary N) is 1. The predicted molar refractivity (Wildman–Crippen MR) is 67.6 cm³/mol. The highest BCUT2D eigenvalue weighted by molar-refractivity contribution is 5.91. The molecule has 1 aliphatic carbocycles. The van der Waals surface area contributed by atoms with E-state index < -0.39 is 4.92 Å². The van der Waals surface area contributed by atoms with Gasteiger partial charge in [-0.15, -0.1) is 0 Å². The van der Waals surface area contributed by atoms with Crippen LogP contribution in [0.25, 0.3) is 0 Å². The van der Waals surface area contributed by atoms with Crippen molar-refractivity contribution in [2.45, 2.75) is 31.7 Å². The molecule has 1 aliphatic rings. The van der Waals surface area contributed by atoms with Crippen molar-refractivity contribution < 1.29 is 14.5 Å². The first-order valence-electron chi connectivity index (χ1n) is 6.11. The fourth-order valence-electron chi connectivity index (χ4n) is 2.18. The van der Waals surface area contributed by atoms with Gasteiger partial charge >= 0.3 is 0 Å². The number of rotatable bonds is 4. The average Bonchev–Trinajstić information content (AvgIpc) is 2.75. The molecule has 0 heterocycles. The van der Waals surface area contributed by atoms with Crippen LogP contribution in [0.5, 0.6) is 0 Å². The van der Waals surface area contributed by atoms with Gasteiger partial charge in [0.1, 0.15) is 0 Å². The molecule has 1 saturated carbocycles. The number of carbonyl (C=O) groups excluding carboxylic acids is 2. The lowest BCUT2D eigenvalue weighted by Gasteiger charge is -2.10. The Bertz CT molecular complexity index is 527. The first kappa shape index (κ1) is 13.2. The van der Waals surface area contributed by atoms with Gasteiger partial charge in [-0.25, -0.2) is 0 Å². The quantitative estimate of drug-likeness (QED) is 0.655. The van der Waals surface area contributed by atoms with E-state index in [-0.39, 0.29) is 29.8 Å². The first-order chi connectivity index (χ1) is 9.06. The second-order valence-corrected chi connectivity index (χ2v) is 4.58. The van der Waals surface area contributed by atoms with Crippen LogP contribution in [-0.2, 0) is 16.0 Å². The summed E-state index contributed by atoms with van der Waals surface area (Å²) in [6.07, 6.45) is 2.05. The second-order valence-electron chi connectivity index (χ2n) is 4.58. The SMILES string of the molecule is O=C(Cc1cccc([N+](=O)[O-])c1)N[C@H]1CCCC1=O. The summed E-state index contributed by atoms with van der Waals surface area (Å²) in [7, 11) is 0. The number of amides is 1. The zero-order valence-corrected chi connectivity index (χ0v) is 10.3. The third-order valence-electron chi connectivity index (χ3n) is 3.13. The van der Waals surface area contributed by atoms with Gasteiger partial charge in [0.2, 0.25) is 5.91 Å². The molecule has 0 saturated heterocycles. The van der Waals surface area contributed by atoms with E-state index in [2.05, 4.69) is 5.32 Å². The molecule has 19 heavy (non-hydrogen) atoms. The smallest absolute Gasteiger partial charge is 0.269 e. The van der Waals surface area contributed by atoms with Crippen LogP contribution in [0.2, 0.25) is 0 Å². The molecular formula is C13H14N2O4. The van der Waals surface area contributed by atoms with Gasteiger partial charge in [0.05, 0.1) is 17.4 Å². The lowest BCUT2D eigenvalue weighted by molar-refractivity contribution is -0.384. The number of Topliss-reactive ketones (excluding diaryl/α,β-unsaturated/α-hetero) is 1. The summed E-state index contributed by atoms with van der Waals surface area (Å²) in [5.41, 5.74) is 0.527. The number of hydrogen-bond acceptors (Lipinski definition) is 4. The van der Waals surface area contributed by atoms with Gasteiger partial charge in [-0.3, -0.25) is 19.7 Å². The predicted octanol–water partition coefficient (Wildman–Crippen LogP) is 1.38. The molecule has 1 fully saturated rings. The molecule has 2 rings (SSSR count). The first-order valence-corrected chi connectivity index (χ1v) is 6.11. The molecule has 100 valence electrons. The molecule has 0 aromatic heterocycles. The monoisotopic (exact) mass is 262 g/mol. The van der Waals surface area contributed by atoms with Crippen LogP contribution in [0, 0.1) is 10.1 Å². The Labute approximate surface area is 110 Å². The number of carbonyl (C=O) groups is 2. The van der Waals surface area contributed by atoms with Crippen molar-refractivity contribution in [3.63, 3.8) is 0 Å². The Morgan fingerprint density at radius 3 is 2.89 bits per heavy atom.